The molecule has 2 aliphatic rings. The van der Waals surface area contributed by atoms with Gasteiger partial charge in [-0.05, 0) is 51.9 Å². The van der Waals surface area contributed by atoms with Crippen LogP contribution in [0.1, 0.15) is 64.7 Å². The highest BCUT2D eigenvalue weighted by molar-refractivity contribution is 5.75. The van der Waals surface area contributed by atoms with Crippen LogP contribution in [0.3, 0.4) is 0 Å². The zero-order chi connectivity index (χ0) is 15.9. The molecule has 1 saturated carbocycles. The van der Waals surface area contributed by atoms with Crippen molar-refractivity contribution in [3.8, 4) is 0 Å². The molecule has 0 aromatic rings. The number of nitrogens with zero attached hydrogens (tertiary/aromatic N) is 1. The van der Waals surface area contributed by atoms with E-state index in [4.69, 9.17) is 0 Å². The van der Waals surface area contributed by atoms with Crippen molar-refractivity contribution in [3.05, 3.63) is 12.7 Å². The van der Waals surface area contributed by atoms with Crippen LogP contribution in [-0.4, -0.2) is 40.8 Å². The lowest BCUT2D eigenvalue weighted by Crippen LogP contribution is -2.50. The average molecular weight is 308 g/mol. The van der Waals surface area contributed by atoms with E-state index in [-0.39, 0.29) is 30.1 Å². The number of aliphatic hydroxyl groups excluding tert-OH is 1. The molecule has 0 unspecified atom stereocenters. The number of aliphatic hydroxyl groups is 1. The summed E-state index contributed by atoms with van der Waals surface area (Å²) in [6.45, 7) is 6.63. The number of nitrogens with one attached hydrogen (secondary N) is 1. The van der Waals surface area contributed by atoms with Gasteiger partial charge in [0.05, 0.1) is 6.10 Å². The van der Waals surface area contributed by atoms with Crippen molar-refractivity contribution in [1.29, 1.82) is 0 Å². The quantitative estimate of drug-likeness (QED) is 0.583. The number of carbonyl (C=O) groups excluding carboxylic acids is 1. The molecule has 0 radical (unpaired) electrons. The maximum atomic E-state index is 12.6. The molecule has 0 bridgehead atoms. The predicted octanol–water partition coefficient (Wildman–Crippen LogP) is 3.46. The van der Waals surface area contributed by atoms with E-state index in [9.17, 15) is 9.90 Å². The summed E-state index contributed by atoms with van der Waals surface area (Å²) in [6, 6.07) is 0.493. The average Bonchev–Trinajstić information content (AvgIpc) is 2.97. The highest BCUT2D eigenvalue weighted by Gasteiger charge is 2.39. The van der Waals surface area contributed by atoms with Gasteiger partial charge in [0, 0.05) is 24.5 Å². The summed E-state index contributed by atoms with van der Waals surface area (Å²) in [5, 5.41) is 13.4. The minimum absolute atomic E-state index is 0.0615. The largest absolute Gasteiger partial charge is 0.393 e. The van der Waals surface area contributed by atoms with E-state index in [2.05, 4.69) is 18.8 Å². The molecule has 2 amide bonds. The molecule has 126 valence electrons. The van der Waals surface area contributed by atoms with E-state index in [1.807, 2.05) is 11.0 Å². The first-order valence-corrected chi connectivity index (χ1v) is 8.99. The molecule has 22 heavy (non-hydrogen) atoms. The minimum atomic E-state index is -0.225. The number of likely N-dealkylation sites (tertiary alicyclic amines) is 1. The Labute approximate surface area is 135 Å². The molecule has 0 aromatic carbocycles. The van der Waals surface area contributed by atoms with Gasteiger partial charge in [-0.2, -0.15) is 0 Å². The molecule has 0 aromatic heterocycles. The van der Waals surface area contributed by atoms with Gasteiger partial charge in [0.1, 0.15) is 0 Å². The first-order valence-electron chi connectivity index (χ1n) is 8.99. The maximum absolute atomic E-state index is 12.6. The van der Waals surface area contributed by atoms with Crippen molar-refractivity contribution in [2.24, 2.45) is 5.92 Å². The third kappa shape index (κ3) is 4.48. The van der Waals surface area contributed by atoms with E-state index >= 15 is 0 Å². The number of carbonyl (C=O) groups is 1. The first-order chi connectivity index (χ1) is 10.6. The summed E-state index contributed by atoms with van der Waals surface area (Å²) in [5.41, 5.74) is 0. The smallest absolute Gasteiger partial charge is 0.317 e. The summed E-state index contributed by atoms with van der Waals surface area (Å²) in [7, 11) is 0. The SMILES string of the molecule is C=CCCC[C@H](C)NC(=O)N1CCC[C@@H]1[C@@H]1CCCC[C@H]1O. The van der Waals surface area contributed by atoms with Crippen molar-refractivity contribution >= 4 is 6.03 Å². The Morgan fingerprint density at radius 2 is 2.14 bits per heavy atom. The zero-order valence-corrected chi connectivity index (χ0v) is 14.0. The number of unbranched alkanes of at least 4 members (excludes halogenated alkanes) is 1. The first kappa shape index (κ1) is 17.3. The minimum Gasteiger partial charge on any atom is -0.393 e. The monoisotopic (exact) mass is 308 g/mol. The number of allylic oxidation sites excluding steroid dienone is 1. The molecular weight excluding hydrogens is 276 g/mol. The third-order valence-electron chi connectivity index (χ3n) is 5.25. The molecule has 2 rings (SSSR count). The molecule has 1 aliphatic heterocycles. The summed E-state index contributed by atoms with van der Waals surface area (Å²) < 4.78 is 0. The molecule has 4 heteroatoms. The Hall–Kier alpha value is -1.03. The van der Waals surface area contributed by atoms with Crippen molar-refractivity contribution in [1.82, 2.24) is 10.2 Å². The standard InChI is InChI=1S/C18H32N2O2/c1-3-4-5-9-14(2)19-18(22)20-13-8-11-16(20)15-10-6-7-12-17(15)21/h3,14-17,21H,1,4-13H2,2H3,(H,19,22)/t14-,15-,16+,17+/m0/s1. The van der Waals surface area contributed by atoms with Crippen LogP contribution in [0.4, 0.5) is 4.79 Å². The van der Waals surface area contributed by atoms with Crippen molar-refractivity contribution in [2.75, 3.05) is 6.54 Å². The fourth-order valence-corrected chi connectivity index (χ4v) is 4.01. The van der Waals surface area contributed by atoms with Gasteiger partial charge >= 0.3 is 6.03 Å². The highest BCUT2D eigenvalue weighted by atomic mass is 16.3. The normalized spacial score (nSPS) is 30.1. The van der Waals surface area contributed by atoms with Gasteiger partial charge in [-0.3, -0.25) is 0 Å². The van der Waals surface area contributed by atoms with Crippen LogP contribution in [0.25, 0.3) is 0 Å². The highest BCUT2D eigenvalue weighted by Crippen LogP contribution is 2.34. The van der Waals surface area contributed by atoms with E-state index in [0.29, 0.717) is 0 Å². The fourth-order valence-electron chi connectivity index (χ4n) is 4.01. The van der Waals surface area contributed by atoms with Gasteiger partial charge in [0.2, 0.25) is 0 Å². The molecule has 0 spiro atoms. The lowest BCUT2D eigenvalue weighted by molar-refractivity contribution is 0.0304. The lowest BCUT2D eigenvalue weighted by atomic mass is 9.80. The Kier molecular flexibility index (Phi) is 6.74. The zero-order valence-electron chi connectivity index (χ0n) is 14.0. The molecule has 1 heterocycles. The molecule has 4 atom stereocenters. The number of urea groups is 1. The van der Waals surface area contributed by atoms with Gasteiger partial charge in [-0.1, -0.05) is 18.9 Å². The van der Waals surface area contributed by atoms with E-state index in [1.54, 1.807) is 0 Å². The van der Waals surface area contributed by atoms with Crippen molar-refractivity contribution in [3.63, 3.8) is 0 Å². The molecule has 2 N–H and O–H groups in total. The second-order valence-electron chi connectivity index (χ2n) is 6.99. The Morgan fingerprint density at radius 3 is 2.86 bits per heavy atom. The van der Waals surface area contributed by atoms with Gasteiger partial charge in [0.25, 0.3) is 0 Å². The van der Waals surface area contributed by atoms with Crippen LogP contribution in [-0.2, 0) is 0 Å². The van der Waals surface area contributed by atoms with E-state index in [1.165, 1.54) is 6.42 Å². The maximum Gasteiger partial charge on any atom is 0.317 e. The van der Waals surface area contributed by atoms with Crippen molar-refractivity contribution in [2.45, 2.75) is 82.9 Å². The summed E-state index contributed by atoms with van der Waals surface area (Å²) in [6.07, 6.45) is 11.1. The second kappa shape index (κ2) is 8.56. The predicted molar refractivity (Wildman–Crippen MR) is 89.7 cm³/mol. The van der Waals surface area contributed by atoms with E-state index < -0.39 is 0 Å². The topological polar surface area (TPSA) is 52.6 Å². The Morgan fingerprint density at radius 1 is 1.36 bits per heavy atom. The number of hydrogen-bond acceptors (Lipinski definition) is 2. The number of rotatable bonds is 6. The third-order valence-corrected chi connectivity index (χ3v) is 5.25. The van der Waals surface area contributed by atoms with Crippen LogP contribution in [0.2, 0.25) is 0 Å². The van der Waals surface area contributed by atoms with E-state index in [0.717, 1.165) is 57.9 Å². The number of amides is 2. The van der Waals surface area contributed by atoms with Gasteiger partial charge in [-0.25, -0.2) is 4.79 Å². The van der Waals surface area contributed by atoms with Gasteiger partial charge in [-0.15, -0.1) is 6.58 Å². The molecule has 1 aliphatic carbocycles. The summed E-state index contributed by atoms with van der Waals surface area (Å²) in [5.74, 6) is 0.276. The van der Waals surface area contributed by atoms with Crippen LogP contribution in [0, 0.1) is 5.92 Å². The molecular formula is C18H32N2O2. The molecule has 1 saturated heterocycles. The van der Waals surface area contributed by atoms with Crippen LogP contribution >= 0.6 is 0 Å². The number of hydrogen-bond donors (Lipinski definition) is 2. The second-order valence-corrected chi connectivity index (χ2v) is 6.99. The van der Waals surface area contributed by atoms with Crippen molar-refractivity contribution < 1.29 is 9.90 Å². The van der Waals surface area contributed by atoms with Crippen LogP contribution < -0.4 is 5.32 Å². The Bertz CT molecular complexity index is 372. The molecule has 4 nitrogen and oxygen atoms in total. The fraction of sp³-hybridized carbons (Fsp3) is 0.833. The van der Waals surface area contributed by atoms with Crippen LogP contribution in [0.5, 0.6) is 0 Å². The summed E-state index contributed by atoms with van der Waals surface area (Å²) >= 11 is 0. The molecule has 2 fully saturated rings. The van der Waals surface area contributed by atoms with Gasteiger partial charge < -0.3 is 15.3 Å². The van der Waals surface area contributed by atoms with Crippen LogP contribution in [0.15, 0.2) is 12.7 Å². The summed E-state index contributed by atoms with van der Waals surface area (Å²) in [4.78, 5) is 14.6. The lowest BCUT2D eigenvalue weighted by Gasteiger charge is -2.37. The van der Waals surface area contributed by atoms with Gasteiger partial charge in [0.15, 0.2) is 0 Å². The Balaban J connectivity index is 1.86.